The maximum absolute atomic E-state index is 12.0. The van der Waals surface area contributed by atoms with Gasteiger partial charge in [0, 0.05) is 0 Å². The molecule has 1 aromatic carbocycles. The molecule has 1 aromatic rings. The summed E-state index contributed by atoms with van der Waals surface area (Å²) in [7, 11) is -3.44. The highest BCUT2D eigenvalue weighted by Crippen LogP contribution is 2.15. The number of hydrogen-bond acceptors (Lipinski definition) is 3. The molecule has 0 aromatic heterocycles. The lowest BCUT2D eigenvalue weighted by atomic mass is 10.3. The summed E-state index contributed by atoms with van der Waals surface area (Å²) in [6.07, 6.45) is 2.25. The molecule has 4 heteroatoms. The number of allylic oxidation sites excluding steroid dienone is 1. The van der Waals surface area contributed by atoms with Crippen LogP contribution in [0.4, 0.5) is 0 Å². The van der Waals surface area contributed by atoms with Gasteiger partial charge in [-0.1, -0.05) is 37.8 Å². The van der Waals surface area contributed by atoms with Gasteiger partial charge in [-0.2, -0.15) is 0 Å². The smallest absolute Gasteiger partial charge is 0.203 e. The van der Waals surface area contributed by atoms with E-state index >= 15 is 0 Å². The third kappa shape index (κ3) is 4.04. The molecule has 1 unspecified atom stereocenters. The third-order valence-corrected chi connectivity index (χ3v) is 3.97. The van der Waals surface area contributed by atoms with E-state index in [0.717, 1.165) is 11.8 Å². The Hall–Kier alpha value is -1.55. The van der Waals surface area contributed by atoms with Crippen LogP contribution >= 0.6 is 0 Å². The molecule has 0 heterocycles. The number of ether oxygens (including phenoxy) is 1. The predicted molar refractivity (Wildman–Crippen MR) is 72.7 cm³/mol. The van der Waals surface area contributed by atoms with Crippen molar-refractivity contribution in [3.05, 3.63) is 54.2 Å². The summed E-state index contributed by atoms with van der Waals surface area (Å²) in [4.78, 5) is 0.264. The quantitative estimate of drug-likeness (QED) is 0.586. The van der Waals surface area contributed by atoms with Crippen LogP contribution in [0, 0.1) is 0 Å². The first-order valence-corrected chi connectivity index (χ1v) is 7.32. The molecule has 0 aliphatic rings. The van der Waals surface area contributed by atoms with Gasteiger partial charge in [-0.3, -0.25) is 0 Å². The summed E-state index contributed by atoms with van der Waals surface area (Å²) in [6, 6.07) is 8.27. The summed E-state index contributed by atoms with van der Waals surface area (Å²) in [5.41, 5.74) is 0. The molecule has 0 saturated carbocycles. The molecule has 0 radical (unpaired) electrons. The summed E-state index contributed by atoms with van der Waals surface area (Å²) in [6.45, 7) is 7.22. The Morgan fingerprint density at radius 2 is 2.00 bits per heavy atom. The van der Waals surface area contributed by atoms with E-state index in [9.17, 15) is 8.42 Å². The van der Waals surface area contributed by atoms with Crippen LogP contribution in [0.5, 0.6) is 0 Å². The van der Waals surface area contributed by atoms with Gasteiger partial charge in [-0.15, -0.1) is 0 Å². The Morgan fingerprint density at radius 1 is 1.39 bits per heavy atom. The topological polar surface area (TPSA) is 43.4 Å². The van der Waals surface area contributed by atoms with Crippen molar-refractivity contribution in [1.82, 2.24) is 0 Å². The van der Waals surface area contributed by atoms with Crippen LogP contribution in [0.15, 0.2) is 59.0 Å². The fraction of sp³-hybridized carbons (Fsp3) is 0.286. The molecule has 0 saturated heterocycles. The van der Waals surface area contributed by atoms with Crippen LogP contribution in [0.3, 0.4) is 0 Å². The van der Waals surface area contributed by atoms with E-state index in [1.165, 1.54) is 0 Å². The zero-order valence-corrected chi connectivity index (χ0v) is 11.5. The lowest BCUT2D eigenvalue weighted by Crippen LogP contribution is -2.07. The van der Waals surface area contributed by atoms with Gasteiger partial charge in [0.1, 0.15) is 11.9 Å². The van der Waals surface area contributed by atoms with Gasteiger partial charge in [0.15, 0.2) is 0 Å². The predicted octanol–water partition coefficient (Wildman–Crippen LogP) is 3.30. The first-order chi connectivity index (χ1) is 8.49. The molecule has 18 heavy (non-hydrogen) atoms. The van der Waals surface area contributed by atoms with E-state index in [1.54, 1.807) is 43.3 Å². The molecule has 0 fully saturated rings. The van der Waals surface area contributed by atoms with Gasteiger partial charge >= 0.3 is 0 Å². The van der Waals surface area contributed by atoms with Gasteiger partial charge in [0.25, 0.3) is 0 Å². The molecule has 0 aliphatic heterocycles. The lowest BCUT2D eigenvalue weighted by Gasteiger charge is -2.13. The minimum Gasteiger partial charge on any atom is -0.490 e. The Bertz CT molecular complexity index is 515. The molecular weight excluding hydrogens is 248 g/mol. The standard InChI is InChI=1S/C14H18O3S/c1-4-13(5-2)17-12(3)11-18(15,16)14-9-7-6-8-10-14/h4,6-11,13H,1,5H2,2-3H3/b12-11+. The summed E-state index contributed by atoms with van der Waals surface area (Å²) in [5, 5.41) is 1.15. The van der Waals surface area contributed by atoms with Crippen LogP contribution in [-0.4, -0.2) is 14.5 Å². The van der Waals surface area contributed by atoms with E-state index < -0.39 is 9.84 Å². The zero-order chi connectivity index (χ0) is 13.6. The minimum absolute atomic E-state index is 0.160. The van der Waals surface area contributed by atoms with Crippen LogP contribution in [0.25, 0.3) is 0 Å². The molecular formula is C14H18O3S. The third-order valence-electron chi connectivity index (χ3n) is 2.40. The SMILES string of the molecule is C=CC(CC)O/C(C)=C/S(=O)(=O)c1ccccc1. The summed E-state index contributed by atoms with van der Waals surface area (Å²) < 4.78 is 29.5. The fourth-order valence-electron chi connectivity index (χ4n) is 1.46. The van der Waals surface area contributed by atoms with Crippen molar-refractivity contribution in [2.24, 2.45) is 0 Å². The van der Waals surface area contributed by atoms with Crippen molar-refractivity contribution in [3.63, 3.8) is 0 Å². The molecule has 98 valence electrons. The van der Waals surface area contributed by atoms with E-state index in [1.807, 2.05) is 6.92 Å². The number of benzene rings is 1. The van der Waals surface area contributed by atoms with Crippen molar-refractivity contribution >= 4 is 9.84 Å². The Kier molecular flexibility index (Phi) is 5.16. The highest BCUT2D eigenvalue weighted by Gasteiger charge is 2.12. The van der Waals surface area contributed by atoms with Gasteiger partial charge < -0.3 is 4.74 Å². The van der Waals surface area contributed by atoms with Crippen molar-refractivity contribution in [3.8, 4) is 0 Å². The molecule has 0 aliphatic carbocycles. The second-order valence-corrected chi connectivity index (χ2v) is 5.68. The maximum Gasteiger partial charge on any atom is 0.203 e. The molecule has 0 spiro atoms. The Labute approximate surface area is 109 Å². The van der Waals surface area contributed by atoms with Crippen molar-refractivity contribution in [1.29, 1.82) is 0 Å². The van der Waals surface area contributed by atoms with Crippen LogP contribution in [0.2, 0.25) is 0 Å². The number of hydrogen-bond donors (Lipinski definition) is 0. The molecule has 0 bridgehead atoms. The van der Waals surface area contributed by atoms with Gasteiger partial charge in [0.2, 0.25) is 9.84 Å². The second kappa shape index (κ2) is 6.40. The summed E-state index contributed by atoms with van der Waals surface area (Å²) in [5.74, 6) is 0.366. The normalized spacial score (nSPS) is 14.0. The van der Waals surface area contributed by atoms with E-state index in [-0.39, 0.29) is 11.0 Å². The minimum atomic E-state index is -3.44. The second-order valence-electron chi connectivity index (χ2n) is 3.89. The highest BCUT2D eigenvalue weighted by molar-refractivity contribution is 7.94. The monoisotopic (exact) mass is 266 g/mol. The first-order valence-electron chi connectivity index (χ1n) is 5.77. The Morgan fingerprint density at radius 3 is 2.50 bits per heavy atom. The molecule has 0 amide bonds. The highest BCUT2D eigenvalue weighted by atomic mass is 32.2. The van der Waals surface area contributed by atoms with Crippen molar-refractivity contribution in [2.75, 3.05) is 0 Å². The largest absolute Gasteiger partial charge is 0.490 e. The Balaban J connectivity index is 2.91. The molecule has 0 N–H and O–H groups in total. The number of rotatable bonds is 6. The average molecular weight is 266 g/mol. The van der Waals surface area contributed by atoms with E-state index in [2.05, 4.69) is 6.58 Å². The van der Waals surface area contributed by atoms with Crippen molar-refractivity contribution < 1.29 is 13.2 Å². The lowest BCUT2D eigenvalue weighted by molar-refractivity contribution is 0.154. The van der Waals surface area contributed by atoms with E-state index in [4.69, 9.17) is 4.74 Å². The number of sulfone groups is 1. The fourth-order valence-corrected chi connectivity index (χ4v) is 2.63. The maximum atomic E-state index is 12.0. The summed E-state index contributed by atoms with van der Waals surface area (Å²) >= 11 is 0. The van der Waals surface area contributed by atoms with Gasteiger partial charge in [-0.25, -0.2) is 8.42 Å². The van der Waals surface area contributed by atoms with Crippen LogP contribution in [0.1, 0.15) is 20.3 Å². The average Bonchev–Trinajstić information content (AvgIpc) is 2.36. The molecule has 1 rings (SSSR count). The van der Waals surface area contributed by atoms with Gasteiger partial charge in [0.05, 0.1) is 10.3 Å². The zero-order valence-electron chi connectivity index (χ0n) is 10.7. The van der Waals surface area contributed by atoms with Crippen LogP contribution < -0.4 is 0 Å². The molecule has 1 atom stereocenters. The van der Waals surface area contributed by atoms with Gasteiger partial charge in [-0.05, 0) is 25.5 Å². The van der Waals surface area contributed by atoms with E-state index in [0.29, 0.717) is 5.76 Å². The first kappa shape index (κ1) is 14.5. The van der Waals surface area contributed by atoms with Crippen LogP contribution in [-0.2, 0) is 14.6 Å². The molecule has 3 nitrogen and oxygen atoms in total. The van der Waals surface area contributed by atoms with Crippen molar-refractivity contribution in [2.45, 2.75) is 31.3 Å².